The maximum Gasteiger partial charge on any atom is 0.341 e. The molecule has 2 aromatic carbocycles. The standard InChI is InChI=1S/C22H19BrN2O4S/c1-3-29-22(28)17-13(2)18(20(27)24-14-9-5-4-6-10-14)30-21(17)25-19(26)15-11-7-8-12-16(15)23/h4-12H,3H2,1-2H3,(H,24,27)(H,25,26). The van der Waals surface area contributed by atoms with Gasteiger partial charge in [0.25, 0.3) is 11.8 Å². The van der Waals surface area contributed by atoms with E-state index >= 15 is 0 Å². The van der Waals surface area contributed by atoms with Crippen LogP contribution < -0.4 is 10.6 Å². The largest absolute Gasteiger partial charge is 0.462 e. The molecular weight excluding hydrogens is 468 g/mol. The third-order valence-electron chi connectivity index (χ3n) is 4.21. The SMILES string of the molecule is CCOC(=O)c1c(NC(=O)c2ccccc2Br)sc(C(=O)Nc2ccccc2)c1C. The molecule has 154 valence electrons. The molecule has 0 atom stereocenters. The number of carbonyl (C=O) groups is 3. The van der Waals surface area contributed by atoms with Crippen LogP contribution in [-0.2, 0) is 4.74 Å². The second-order valence-electron chi connectivity index (χ2n) is 6.23. The summed E-state index contributed by atoms with van der Waals surface area (Å²) in [5, 5.41) is 5.83. The predicted octanol–water partition coefficient (Wildman–Crippen LogP) is 5.50. The first-order valence-corrected chi connectivity index (χ1v) is 10.8. The topological polar surface area (TPSA) is 84.5 Å². The van der Waals surface area contributed by atoms with Gasteiger partial charge in [0.15, 0.2) is 0 Å². The number of ether oxygens (including phenoxy) is 1. The van der Waals surface area contributed by atoms with Crippen molar-refractivity contribution in [2.24, 2.45) is 0 Å². The Morgan fingerprint density at radius 3 is 2.30 bits per heavy atom. The van der Waals surface area contributed by atoms with Crippen molar-refractivity contribution in [1.82, 2.24) is 0 Å². The first kappa shape index (κ1) is 21.7. The van der Waals surface area contributed by atoms with Crippen LogP contribution in [0.15, 0.2) is 59.1 Å². The smallest absolute Gasteiger partial charge is 0.341 e. The Balaban J connectivity index is 1.96. The Hall–Kier alpha value is -2.97. The van der Waals surface area contributed by atoms with E-state index in [9.17, 15) is 14.4 Å². The van der Waals surface area contributed by atoms with Crippen LogP contribution in [0.2, 0.25) is 0 Å². The summed E-state index contributed by atoms with van der Waals surface area (Å²) in [4.78, 5) is 38.5. The lowest BCUT2D eigenvalue weighted by Gasteiger charge is -2.08. The highest BCUT2D eigenvalue weighted by atomic mass is 79.9. The number of halogens is 1. The lowest BCUT2D eigenvalue weighted by atomic mass is 10.1. The van der Waals surface area contributed by atoms with Gasteiger partial charge in [0.1, 0.15) is 5.00 Å². The molecule has 0 radical (unpaired) electrons. The van der Waals surface area contributed by atoms with Crippen LogP contribution >= 0.6 is 27.3 Å². The number of thiophene rings is 1. The minimum absolute atomic E-state index is 0.178. The Bertz CT molecular complexity index is 1100. The summed E-state index contributed by atoms with van der Waals surface area (Å²) in [6.07, 6.45) is 0. The van der Waals surface area contributed by atoms with Crippen LogP contribution in [0.1, 0.15) is 42.9 Å². The normalized spacial score (nSPS) is 10.4. The van der Waals surface area contributed by atoms with E-state index in [1.807, 2.05) is 18.2 Å². The zero-order chi connectivity index (χ0) is 21.7. The minimum atomic E-state index is -0.590. The number of carbonyl (C=O) groups excluding carboxylic acids is 3. The van der Waals surface area contributed by atoms with Crippen molar-refractivity contribution in [1.29, 1.82) is 0 Å². The molecule has 0 unspecified atom stereocenters. The fourth-order valence-electron chi connectivity index (χ4n) is 2.79. The van der Waals surface area contributed by atoms with Gasteiger partial charge in [-0.25, -0.2) is 4.79 Å². The van der Waals surface area contributed by atoms with Crippen LogP contribution in [0.25, 0.3) is 0 Å². The molecule has 0 saturated heterocycles. The lowest BCUT2D eigenvalue weighted by molar-refractivity contribution is 0.0527. The van der Waals surface area contributed by atoms with Gasteiger partial charge in [0.05, 0.1) is 22.6 Å². The number of benzene rings is 2. The van der Waals surface area contributed by atoms with Gasteiger partial charge in [0, 0.05) is 10.2 Å². The van der Waals surface area contributed by atoms with Gasteiger partial charge >= 0.3 is 5.97 Å². The predicted molar refractivity (Wildman–Crippen MR) is 122 cm³/mol. The second-order valence-corrected chi connectivity index (χ2v) is 8.11. The molecule has 2 N–H and O–H groups in total. The van der Waals surface area contributed by atoms with E-state index in [-0.39, 0.29) is 23.1 Å². The molecule has 6 nitrogen and oxygen atoms in total. The van der Waals surface area contributed by atoms with Crippen LogP contribution in [-0.4, -0.2) is 24.4 Å². The number of esters is 1. The summed E-state index contributed by atoms with van der Waals surface area (Å²) in [5.74, 6) is -1.35. The first-order valence-electron chi connectivity index (χ1n) is 9.15. The zero-order valence-electron chi connectivity index (χ0n) is 16.3. The second kappa shape index (κ2) is 9.69. The third kappa shape index (κ3) is 4.77. The van der Waals surface area contributed by atoms with Gasteiger partial charge in [-0.15, -0.1) is 11.3 Å². The lowest BCUT2D eigenvalue weighted by Crippen LogP contribution is -2.15. The monoisotopic (exact) mass is 486 g/mol. The van der Waals surface area contributed by atoms with Crippen LogP contribution in [0, 0.1) is 6.92 Å². The van der Waals surface area contributed by atoms with Crippen LogP contribution in [0.4, 0.5) is 10.7 Å². The molecule has 0 spiro atoms. The summed E-state index contributed by atoms with van der Waals surface area (Å²) in [6.45, 7) is 3.54. The quantitative estimate of drug-likeness (QED) is 0.450. The number of para-hydroxylation sites is 1. The van der Waals surface area contributed by atoms with Crippen molar-refractivity contribution in [3.63, 3.8) is 0 Å². The van der Waals surface area contributed by atoms with Crippen molar-refractivity contribution in [2.45, 2.75) is 13.8 Å². The summed E-state index contributed by atoms with van der Waals surface area (Å²) < 4.78 is 5.77. The fourth-order valence-corrected chi connectivity index (χ4v) is 4.34. The molecule has 0 bridgehead atoms. The van der Waals surface area contributed by atoms with Crippen molar-refractivity contribution >= 4 is 55.7 Å². The molecule has 1 heterocycles. The number of hydrogen-bond donors (Lipinski definition) is 2. The molecule has 2 amide bonds. The average molecular weight is 487 g/mol. The average Bonchev–Trinajstić information content (AvgIpc) is 3.05. The van der Waals surface area contributed by atoms with E-state index in [4.69, 9.17) is 4.74 Å². The maximum absolute atomic E-state index is 12.8. The minimum Gasteiger partial charge on any atom is -0.462 e. The van der Waals surface area contributed by atoms with E-state index in [2.05, 4.69) is 26.6 Å². The van der Waals surface area contributed by atoms with E-state index in [1.54, 1.807) is 50.2 Å². The number of anilines is 2. The molecule has 30 heavy (non-hydrogen) atoms. The van der Waals surface area contributed by atoms with E-state index in [0.717, 1.165) is 11.3 Å². The Labute approximate surface area is 186 Å². The molecule has 0 saturated carbocycles. The summed E-state index contributed by atoms with van der Waals surface area (Å²) >= 11 is 4.39. The van der Waals surface area contributed by atoms with Crippen LogP contribution in [0.5, 0.6) is 0 Å². The van der Waals surface area contributed by atoms with E-state index in [1.165, 1.54) is 0 Å². The van der Waals surface area contributed by atoms with Crippen molar-refractivity contribution < 1.29 is 19.1 Å². The molecule has 3 rings (SSSR count). The van der Waals surface area contributed by atoms with Crippen molar-refractivity contribution in [2.75, 3.05) is 17.2 Å². The highest BCUT2D eigenvalue weighted by molar-refractivity contribution is 9.10. The fraction of sp³-hybridized carbons (Fsp3) is 0.136. The van der Waals surface area contributed by atoms with Gasteiger partial charge in [-0.2, -0.15) is 0 Å². The highest BCUT2D eigenvalue weighted by Gasteiger charge is 2.27. The molecule has 1 aromatic heterocycles. The third-order valence-corrected chi connectivity index (χ3v) is 6.11. The van der Waals surface area contributed by atoms with Crippen molar-refractivity contribution in [3.05, 3.63) is 80.6 Å². The number of nitrogens with one attached hydrogen (secondary N) is 2. The van der Waals surface area contributed by atoms with E-state index < -0.39 is 11.9 Å². The Morgan fingerprint density at radius 2 is 1.63 bits per heavy atom. The molecule has 0 fully saturated rings. The summed E-state index contributed by atoms with van der Waals surface area (Å²) in [6, 6.07) is 15.9. The first-order chi connectivity index (χ1) is 14.4. The number of amides is 2. The molecule has 3 aromatic rings. The molecule has 0 aliphatic carbocycles. The van der Waals surface area contributed by atoms with Gasteiger partial charge in [-0.3, -0.25) is 9.59 Å². The number of hydrogen-bond acceptors (Lipinski definition) is 5. The van der Waals surface area contributed by atoms with Gasteiger partial charge in [-0.05, 0) is 59.6 Å². The molecular formula is C22H19BrN2O4S. The van der Waals surface area contributed by atoms with Crippen molar-refractivity contribution in [3.8, 4) is 0 Å². The van der Waals surface area contributed by atoms with Gasteiger partial charge < -0.3 is 15.4 Å². The zero-order valence-corrected chi connectivity index (χ0v) is 18.7. The Morgan fingerprint density at radius 1 is 0.967 bits per heavy atom. The van der Waals surface area contributed by atoms with Gasteiger partial charge in [0.2, 0.25) is 0 Å². The van der Waals surface area contributed by atoms with Crippen LogP contribution in [0.3, 0.4) is 0 Å². The summed E-state index contributed by atoms with van der Waals surface area (Å²) in [7, 11) is 0. The molecule has 0 aliphatic rings. The number of rotatable bonds is 6. The van der Waals surface area contributed by atoms with E-state index in [0.29, 0.717) is 26.2 Å². The highest BCUT2D eigenvalue weighted by Crippen LogP contribution is 2.35. The molecule has 8 heteroatoms. The molecule has 0 aliphatic heterocycles. The summed E-state index contributed by atoms with van der Waals surface area (Å²) in [5.41, 5.74) is 1.68. The maximum atomic E-state index is 12.8. The Kier molecular flexibility index (Phi) is 7.02. The van der Waals surface area contributed by atoms with Gasteiger partial charge in [-0.1, -0.05) is 30.3 Å².